The molecule has 0 aromatic rings. The summed E-state index contributed by atoms with van der Waals surface area (Å²) in [5.41, 5.74) is 4.14. The smallest absolute Gasteiger partial charge is 0.411 e. The zero-order valence-corrected chi connectivity index (χ0v) is 15.8. The SMILES string of the molecule is CC(C)(C)OC(=O)N1C2CC[C@@H]1CCC=C2C#C[Si](C)(C)C. The van der Waals surface area contributed by atoms with Crippen LogP contribution in [0.4, 0.5) is 4.79 Å². The first-order valence-corrected chi connectivity index (χ1v) is 11.8. The number of hydrogen-bond acceptors (Lipinski definition) is 2. The highest BCUT2D eigenvalue weighted by Crippen LogP contribution is 2.35. The predicted molar refractivity (Wildman–Crippen MR) is 93.3 cm³/mol. The van der Waals surface area contributed by atoms with E-state index in [0.717, 1.165) is 31.3 Å². The van der Waals surface area contributed by atoms with Gasteiger partial charge in [-0.25, -0.2) is 4.79 Å². The van der Waals surface area contributed by atoms with Crippen molar-refractivity contribution in [2.75, 3.05) is 0 Å². The molecule has 0 radical (unpaired) electrons. The van der Waals surface area contributed by atoms with Gasteiger partial charge in [0.15, 0.2) is 0 Å². The summed E-state index contributed by atoms with van der Waals surface area (Å²) in [4.78, 5) is 14.6. The highest BCUT2D eigenvalue weighted by Gasteiger charge is 2.41. The Hall–Kier alpha value is -1.21. The number of amides is 1. The first-order chi connectivity index (χ1) is 10.1. The molecular formula is C18H29NO2Si. The second-order valence-electron chi connectivity index (χ2n) is 8.37. The molecule has 2 atom stereocenters. The van der Waals surface area contributed by atoms with Gasteiger partial charge in [-0.1, -0.05) is 31.6 Å². The van der Waals surface area contributed by atoms with Crippen LogP contribution in [0.15, 0.2) is 11.6 Å². The molecule has 4 heteroatoms. The van der Waals surface area contributed by atoms with Crippen LogP contribution in [0.25, 0.3) is 0 Å². The van der Waals surface area contributed by atoms with Gasteiger partial charge in [-0.15, -0.1) is 5.54 Å². The van der Waals surface area contributed by atoms with Gasteiger partial charge < -0.3 is 4.74 Å². The van der Waals surface area contributed by atoms with Crippen molar-refractivity contribution in [3.63, 3.8) is 0 Å². The fourth-order valence-electron chi connectivity index (χ4n) is 3.02. The van der Waals surface area contributed by atoms with Crippen LogP contribution in [0.2, 0.25) is 19.6 Å². The van der Waals surface area contributed by atoms with Crippen LogP contribution in [0.5, 0.6) is 0 Å². The van der Waals surface area contributed by atoms with Gasteiger partial charge in [-0.3, -0.25) is 4.90 Å². The maximum absolute atomic E-state index is 12.6. The van der Waals surface area contributed by atoms with E-state index in [1.54, 1.807) is 0 Å². The highest BCUT2D eigenvalue weighted by molar-refractivity contribution is 6.83. The molecule has 1 unspecified atom stereocenters. The van der Waals surface area contributed by atoms with Crippen molar-refractivity contribution in [2.45, 2.75) is 83.8 Å². The van der Waals surface area contributed by atoms with Crippen LogP contribution in [0, 0.1) is 11.5 Å². The third kappa shape index (κ3) is 4.39. The average Bonchev–Trinajstić information content (AvgIpc) is 2.62. The molecule has 22 heavy (non-hydrogen) atoms. The summed E-state index contributed by atoms with van der Waals surface area (Å²) in [6.45, 7) is 12.5. The topological polar surface area (TPSA) is 29.5 Å². The molecule has 2 rings (SSSR count). The van der Waals surface area contributed by atoms with Gasteiger partial charge in [0, 0.05) is 11.6 Å². The number of carbonyl (C=O) groups excluding carboxylic acids is 1. The van der Waals surface area contributed by atoms with E-state index >= 15 is 0 Å². The van der Waals surface area contributed by atoms with Gasteiger partial charge >= 0.3 is 6.09 Å². The van der Waals surface area contributed by atoms with Crippen molar-refractivity contribution < 1.29 is 9.53 Å². The highest BCUT2D eigenvalue weighted by atomic mass is 28.3. The number of ether oxygens (including phenoxy) is 1. The van der Waals surface area contributed by atoms with Crippen molar-refractivity contribution in [2.24, 2.45) is 0 Å². The molecule has 0 aromatic carbocycles. The normalized spacial score (nSPS) is 25.0. The second-order valence-corrected chi connectivity index (χ2v) is 13.1. The minimum absolute atomic E-state index is 0.117. The van der Waals surface area contributed by atoms with Crippen molar-refractivity contribution >= 4 is 14.2 Å². The first-order valence-electron chi connectivity index (χ1n) is 8.31. The number of rotatable bonds is 0. The third-order valence-corrected chi connectivity index (χ3v) is 4.79. The number of hydrogen-bond donors (Lipinski definition) is 0. The molecular weight excluding hydrogens is 290 g/mol. The number of fused-ring (bicyclic) bond motifs is 2. The Morgan fingerprint density at radius 1 is 1.27 bits per heavy atom. The Balaban J connectivity index is 2.23. The summed E-state index contributed by atoms with van der Waals surface area (Å²) in [5, 5.41) is 0. The second kappa shape index (κ2) is 6.12. The number of nitrogens with zero attached hydrogens (tertiary/aromatic N) is 1. The maximum Gasteiger partial charge on any atom is 0.411 e. The van der Waals surface area contributed by atoms with E-state index in [1.165, 1.54) is 0 Å². The fraction of sp³-hybridized carbons (Fsp3) is 0.722. The van der Waals surface area contributed by atoms with Crippen LogP contribution in [0.1, 0.15) is 46.5 Å². The molecule has 1 amide bonds. The van der Waals surface area contributed by atoms with Gasteiger partial charge in [0.2, 0.25) is 0 Å². The largest absolute Gasteiger partial charge is 0.444 e. The van der Waals surface area contributed by atoms with Gasteiger partial charge in [-0.05, 0) is 46.5 Å². The van der Waals surface area contributed by atoms with Gasteiger partial charge in [0.1, 0.15) is 13.7 Å². The van der Waals surface area contributed by atoms with E-state index in [4.69, 9.17) is 4.74 Å². The third-order valence-electron chi connectivity index (χ3n) is 3.91. The molecule has 0 saturated carbocycles. The molecule has 122 valence electrons. The summed E-state index contributed by atoms with van der Waals surface area (Å²) < 4.78 is 5.63. The summed E-state index contributed by atoms with van der Waals surface area (Å²) in [6.07, 6.45) is 6.17. The molecule has 1 fully saturated rings. The maximum atomic E-state index is 12.6. The molecule has 3 nitrogen and oxygen atoms in total. The number of carbonyl (C=O) groups is 1. The van der Waals surface area contributed by atoms with E-state index in [0.29, 0.717) is 6.04 Å². The molecule has 0 spiro atoms. The van der Waals surface area contributed by atoms with E-state index in [9.17, 15) is 4.79 Å². The molecule has 0 aromatic heterocycles. The predicted octanol–water partition coefficient (Wildman–Crippen LogP) is 4.36. The average molecular weight is 320 g/mol. The lowest BCUT2D eigenvalue weighted by atomic mass is 10.0. The minimum atomic E-state index is -1.41. The van der Waals surface area contributed by atoms with Crippen LogP contribution in [-0.2, 0) is 4.74 Å². The minimum Gasteiger partial charge on any atom is -0.444 e. The molecule has 2 heterocycles. The van der Waals surface area contributed by atoms with Gasteiger partial charge in [0.25, 0.3) is 0 Å². The van der Waals surface area contributed by atoms with E-state index < -0.39 is 13.7 Å². The molecule has 2 bridgehead atoms. The zero-order valence-electron chi connectivity index (χ0n) is 14.8. The quantitative estimate of drug-likeness (QED) is 0.490. The molecule has 1 saturated heterocycles. The van der Waals surface area contributed by atoms with E-state index in [-0.39, 0.29) is 12.1 Å². The van der Waals surface area contributed by atoms with Crippen LogP contribution in [0.3, 0.4) is 0 Å². The molecule has 0 N–H and O–H groups in total. The molecule has 2 aliphatic heterocycles. The Bertz CT molecular complexity index is 528. The van der Waals surface area contributed by atoms with Gasteiger partial charge in [0.05, 0.1) is 6.04 Å². The summed E-state index contributed by atoms with van der Waals surface area (Å²) in [6, 6.07) is 0.425. The fourth-order valence-corrected chi connectivity index (χ4v) is 3.54. The summed E-state index contributed by atoms with van der Waals surface area (Å²) >= 11 is 0. The first kappa shape index (κ1) is 17.1. The van der Waals surface area contributed by atoms with Crippen molar-refractivity contribution in [1.82, 2.24) is 4.90 Å². The molecule has 0 aliphatic carbocycles. The Kier molecular flexibility index (Phi) is 4.77. The monoisotopic (exact) mass is 319 g/mol. The van der Waals surface area contributed by atoms with Gasteiger partial charge in [-0.2, -0.15) is 0 Å². The molecule has 2 aliphatic rings. The van der Waals surface area contributed by atoms with Crippen molar-refractivity contribution in [3.8, 4) is 11.5 Å². The number of allylic oxidation sites excluding steroid dienone is 1. The van der Waals surface area contributed by atoms with E-state index in [1.807, 2.05) is 25.7 Å². The summed E-state index contributed by atoms with van der Waals surface area (Å²) in [5.74, 6) is 3.40. The van der Waals surface area contributed by atoms with Crippen molar-refractivity contribution in [1.29, 1.82) is 0 Å². The lowest BCUT2D eigenvalue weighted by Crippen LogP contribution is -2.44. The van der Waals surface area contributed by atoms with E-state index in [2.05, 4.69) is 37.2 Å². The van der Waals surface area contributed by atoms with Crippen molar-refractivity contribution in [3.05, 3.63) is 11.6 Å². The lowest BCUT2D eigenvalue weighted by molar-refractivity contribution is 0.0175. The van der Waals surface area contributed by atoms with Crippen LogP contribution < -0.4 is 0 Å². The van der Waals surface area contributed by atoms with Crippen LogP contribution in [-0.4, -0.2) is 36.8 Å². The Labute approximate surface area is 136 Å². The lowest BCUT2D eigenvalue weighted by Gasteiger charge is -2.31. The Morgan fingerprint density at radius 3 is 2.55 bits per heavy atom. The Morgan fingerprint density at radius 2 is 1.95 bits per heavy atom. The zero-order chi connectivity index (χ0) is 16.5. The summed E-state index contributed by atoms with van der Waals surface area (Å²) in [7, 11) is -1.41. The standard InChI is InChI=1S/C18H29NO2Si/c1-18(2,3)21-17(20)19-15-9-7-8-14(16(19)11-10-15)12-13-22(4,5)6/h8,15-16H,7,9-11H2,1-6H3/t15-,16?/m0/s1. The van der Waals surface area contributed by atoms with Crippen LogP contribution >= 0.6 is 0 Å².